The SMILES string of the molecule is COC(=O)C12C[C@@H](OC(C)=O)C(=O)C=C1CCN(S(=O)(=O)c1ccc(C(C)(C)C)cc1)C2. The van der Waals surface area contributed by atoms with Crippen molar-refractivity contribution in [3.8, 4) is 0 Å². The van der Waals surface area contributed by atoms with Crippen molar-refractivity contribution < 1.29 is 32.3 Å². The highest BCUT2D eigenvalue weighted by molar-refractivity contribution is 7.89. The molecule has 2 atom stereocenters. The van der Waals surface area contributed by atoms with E-state index in [4.69, 9.17) is 9.47 Å². The van der Waals surface area contributed by atoms with E-state index in [2.05, 4.69) is 0 Å². The van der Waals surface area contributed by atoms with Crippen LogP contribution in [-0.2, 0) is 39.3 Å². The van der Waals surface area contributed by atoms with E-state index in [1.807, 2.05) is 20.8 Å². The fraction of sp³-hybridized carbons (Fsp3) is 0.522. The summed E-state index contributed by atoms with van der Waals surface area (Å²) in [7, 11) is -2.69. The lowest BCUT2D eigenvalue weighted by Gasteiger charge is -2.44. The fourth-order valence-electron chi connectivity index (χ4n) is 4.31. The number of ketones is 1. The van der Waals surface area contributed by atoms with Gasteiger partial charge in [0.1, 0.15) is 5.41 Å². The number of benzene rings is 1. The normalized spacial score (nSPS) is 24.3. The third-order valence-electron chi connectivity index (χ3n) is 6.10. The van der Waals surface area contributed by atoms with Gasteiger partial charge in [-0.15, -0.1) is 0 Å². The molecule has 0 radical (unpaired) electrons. The Morgan fingerprint density at radius 2 is 1.78 bits per heavy atom. The first kappa shape index (κ1) is 24.1. The van der Waals surface area contributed by atoms with Crippen LogP contribution in [0.3, 0.4) is 0 Å². The average molecular weight is 464 g/mol. The average Bonchev–Trinajstić information content (AvgIpc) is 2.72. The number of hydrogen-bond donors (Lipinski definition) is 0. The molecular formula is C23H29NO7S. The van der Waals surface area contributed by atoms with Gasteiger partial charge in [-0.05, 0) is 41.2 Å². The largest absolute Gasteiger partial charge is 0.468 e. The van der Waals surface area contributed by atoms with E-state index in [0.29, 0.717) is 5.57 Å². The zero-order valence-corrected chi connectivity index (χ0v) is 19.8. The third-order valence-corrected chi connectivity index (χ3v) is 7.96. The van der Waals surface area contributed by atoms with Crippen molar-refractivity contribution in [3.05, 3.63) is 41.5 Å². The number of rotatable bonds is 4. The number of piperidine rings is 1. The summed E-state index contributed by atoms with van der Waals surface area (Å²) < 4.78 is 38.2. The maximum absolute atomic E-state index is 13.4. The Hall–Kier alpha value is -2.52. The molecule has 9 heteroatoms. The standard InChI is InChI=1S/C23H29NO7S/c1-15(25)31-20-13-23(21(27)30-5)14-24(11-10-17(23)12-19(20)26)32(28,29)18-8-6-16(7-9-18)22(2,3)4/h6-9,12,20H,10-11,13-14H2,1-5H3/t20-,23?/m1/s1. The summed E-state index contributed by atoms with van der Waals surface area (Å²) in [4.78, 5) is 36.9. The van der Waals surface area contributed by atoms with Crippen molar-refractivity contribution >= 4 is 27.7 Å². The molecule has 8 nitrogen and oxygen atoms in total. The van der Waals surface area contributed by atoms with Crippen LogP contribution >= 0.6 is 0 Å². The first-order valence-electron chi connectivity index (χ1n) is 10.4. The number of sulfonamides is 1. The minimum Gasteiger partial charge on any atom is -0.468 e. The molecule has 0 aromatic heterocycles. The second-order valence-corrected chi connectivity index (χ2v) is 11.2. The van der Waals surface area contributed by atoms with Gasteiger partial charge >= 0.3 is 11.9 Å². The van der Waals surface area contributed by atoms with Crippen LogP contribution in [0.4, 0.5) is 0 Å². The van der Waals surface area contributed by atoms with Crippen molar-refractivity contribution in [2.75, 3.05) is 20.2 Å². The van der Waals surface area contributed by atoms with Crippen LogP contribution in [-0.4, -0.2) is 56.7 Å². The molecule has 2 aliphatic rings. The molecule has 0 bridgehead atoms. The number of carbonyl (C=O) groups excluding carboxylic acids is 3. The first-order chi connectivity index (χ1) is 14.8. The minimum absolute atomic E-state index is 0.123. The number of fused-ring (bicyclic) bond motifs is 1. The Balaban J connectivity index is 1.98. The third kappa shape index (κ3) is 4.36. The molecule has 1 aliphatic carbocycles. The van der Waals surface area contributed by atoms with Crippen LogP contribution in [0, 0.1) is 5.41 Å². The molecule has 1 aliphatic heterocycles. The minimum atomic E-state index is -3.90. The molecule has 3 rings (SSSR count). The number of methoxy groups -OCH3 is 1. The van der Waals surface area contributed by atoms with Gasteiger partial charge < -0.3 is 9.47 Å². The van der Waals surface area contributed by atoms with Crippen molar-refractivity contribution in [2.24, 2.45) is 5.41 Å². The van der Waals surface area contributed by atoms with Gasteiger partial charge in [-0.3, -0.25) is 14.4 Å². The van der Waals surface area contributed by atoms with E-state index in [-0.39, 0.29) is 36.2 Å². The smallest absolute Gasteiger partial charge is 0.317 e. The van der Waals surface area contributed by atoms with E-state index in [0.717, 1.165) is 5.56 Å². The first-order valence-corrected chi connectivity index (χ1v) is 11.9. The van der Waals surface area contributed by atoms with Crippen molar-refractivity contribution in [2.45, 2.75) is 57.0 Å². The molecule has 1 fully saturated rings. The van der Waals surface area contributed by atoms with Crippen LogP contribution < -0.4 is 0 Å². The molecule has 174 valence electrons. The Morgan fingerprint density at radius 3 is 2.31 bits per heavy atom. The lowest BCUT2D eigenvalue weighted by molar-refractivity contribution is -0.162. The molecule has 32 heavy (non-hydrogen) atoms. The number of nitrogens with zero attached hydrogens (tertiary/aromatic N) is 1. The number of ether oxygens (including phenoxy) is 2. The highest BCUT2D eigenvalue weighted by Crippen LogP contribution is 2.45. The lowest BCUT2D eigenvalue weighted by Crippen LogP contribution is -2.55. The second kappa shape index (κ2) is 8.44. The molecule has 0 saturated carbocycles. The summed E-state index contributed by atoms with van der Waals surface area (Å²) in [6.07, 6.45) is 0.186. The van der Waals surface area contributed by atoms with Crippen LogP contribution in [0.15, 0.2) is 40.8 Å². The summed E-state index contributed by atoms with van der Waals surface area (Å²) in [6, 6.07) is 6.71. The van der Waals surface area contributed by atoms with Crippen LogP contribution in [0.25, 0.3) is 0 Å². The predicted octanol–water partition coefficient (Wildman–Crippen LogP) is 2.37. The van der Waals surface area contributed by atoms with Crippen molar-refractivity contribution in [1.82, 2.24) is 4.31 Å². The van der Waals surface area contributed by atoms with E-state index in [9.17, 15) is 22.8 Å². The van der Waals surface area contributed by atoms with Gasteiger partial charge in [-0.1, -0.05) is 32.9 Å². The van der Waals surface area contributed by atoms with Crippen LogP contribution in [0.5, 0.6) is 0 Å². The molecule has 1 aromatic carbocycles. The van der Waals surface area contributed by atoms with Gasteiger partial charge in [0.25, 0.3) is 0 Å². The zero-order valence-electron chi connectivity index (χ0n) is 19.0. The summed E-state index contributed by atoms with van der Waals surface area (Å²) in [5, 5.41) is 0. The number of hydrogen-bond acceptors (Lipinski definition) is 7. The van der Waals surface area contributed by atoms with Gasteiger partial charge in [0, 0.05) is 26.4 Å². The summed E-state index contributed by atoms with van der Waals surface area (Å²) in [5.41, 5.74) is -0.00404. The molecule has 0 amide bonds. The second-order valence-electron chi connectivity index (χ2n) is 9.31. The summed E-state index contributed by atoms with van der Waals surface area (Å²) >= 11 is 0. The Morgan fingerprint density at radius 1 is 1.16 bits per heavy atom. The number of esters is 2. The van der Waals surface area contributed by atoms with Crippen LogP contribution in [0.2, 0.25) is 0 Å². The zero-order chi connectivity index (χ0) is 23.9. The van der Waals surface area contributed by atoms with Gasteiger partial charge in [0.15, 0.2) is 11.9 Å². The van der Waals surface area contributed by atoms with Gasteiger partial charge in [-0.2, -0.15) is 4.31 Å². The highest BCUT2D eigenvalue weighted by atomic mass is 32.2. The fourth-order valence-corrected chi connectivity index (χ4v) is 5.81. The maximum atomic E-state index is 13.4. The molecule has 1 aromatic rings. The Bertz CT molecular complexity index is 1070. The highest BCUT2D eigenvalue weighted by Gasteiger charge is 2.54. The predicted molar refractivity (Wildman–Crippen MR) is 116 cm³/mol. The number of carbonyl (C=O) groups is 3. The quantitative estimate of drug-likeness (QED) is 0.631. The van der Waals surface area contributed by atoms with Gasteiger partial charge in [-0.25, -0.2) is 8.42 Å². The molecule has 1 saturated heterocycles. The van der Waals surface area contributed by atoms with E-state index in [1.165, 1.54) is 24.4 Å². The van der Waals surface area contributed by atoms with E-state index < -0.39 is 39.3 Å². The Kier molecular flexibility index (Phi) is 6.36. The molecule has 1 heterocycles. The monoisotopic (exact) mass is 463 g/mol. The summed E-state index contributed by atoms with van der Waals surface area (Å²) in [5.74, 6) is -1.72. The topological polar surface area (TPSA) is 107 Å². The maximum Gasteiger partial charge on any atom is 0.317 e. The van der Waals surface area contributed by atoms with Crippen molar-refractivity contribution in [1.29, 1.82) is 0 Å². The van der Waals surface area contributed by atoms with Gasteiger partial charge in [0.05, 0.1) is 12.0 Å². The lowest BCUT2D eigenvalue weighted by atomic mass is 9.68. The van der Waals surface area contributed by atoms with Gasteiger partial charge in [0.2, 0.25) is 10.0 Å². The molecule has 1 unspecified atom stereocenters. The summed E-state index contributed by atoms with van der Waals surface area (Å²) in [6.45, 7) is 7.23. The van der Waals surface area contributed by atoms with Crippen LogP contribution in [0.1, 0.15) is 46.1 Å². The molecule has 0 spiro atoms. The van der Waals surface area contributed by atoms with Crippen molar-refractivity contribution in [3.63, 3.8) is 0 Å². The molecule has 0 N–H and O–H groups in total. The van der Waals surface area contributed by atoms with E-state index >= 15 is 0 Å². The Labute approximate surface area is 188 Å². The molecular weight excluding hydrogens is 434 g/mol. The van der Waals surface area contributed by atoms with E-state index in [1.54, 1.807) is 24.3 Å².